The first kappa shape index (κ1) is 44.1. The Kier molecular flexibility index (Phi) is 30.2. The minimum atomic E-state index is -1.00. The van der Waals surface area contributed by atoms with Crippen LogP contribution in [0.1, 0.15) is 131 Å². The predicted octanol–water partition coefficient (Wildman–Crippen LogP) is 12.2. The molecule has 0 saturated heterocycles. The summed E-state index contributed by atoms with van der Waals surface area (Å²) >= 11 is 0. The van der Waals surface area contributed by atoms with Crippen molar-refractivity contribution in [3.63, 3.8) is 0 Å². The molecule has 4 heteroatoms. The molecule has 0 bridgehead atoms. The van der Waals surface area contributed by atoms with Crippen molar-refractivity contribution < 1.29 is 13.5 Å². The molecule has 0 amide bonds. The fourth-order valence-corrected chi connectivity index (χ4v) is 3.13. The van der Waals surface area contributed by atoms with E-state index in [0.717, 1.165) is 43.8 Å². The van der Waals surface area contributed by atoms with Crippen LogP contribution >= 0.6 is 0 Å². The number of aryl methyl sites for hydroxylation is 3. The molecule has 2 nitrogen and oxygen atoms in total. The lowest BCUT2D eigenvalue weighted by Gasteiger charge is -2.06. The summed E-state index contributed by atoms with van der Waals surface area (Å²) in [5.41, 5.74) is 9.23. The SMILES string of the molecule is C=C(N)CCOc1ccc(CC)cc1.CC.CC(C)(C)F.CC(C)C.CCCCc1ccc(C)cc1.FC1CCCC1. The first-order valence-electron chi connectivity index (χ1n) is 16.2. The highest BCUT2D eigenvalue weighted by atomic mass is 19.1. The molecule has 2 aromatic rings. The van der Waals surface area contributed by atoms with Gasteiger partial charge in [0.15, 0.2) is 0 Å². The molecule has 0 aromatic heterocycles. The number of rotatable bonds is 8. The summed E-state index contributed by atoms with van der Waals surface area (Å²) in [5.74, 6) is 1.73. The van der Waals surface area contributed by atoms with Gasteiger partial charge in [0.25, 0.3) is 0 Å². The first-order chi connectivity index (χ1) is 19.7. The van der Waals surface area contributed by atoms with Crippen molar-refractivity contribution in [2.45, 2.75) is 146 Å². The third-order valence-electron chi connectivity index (χ3n) is 5.25. The first-order valence-corrected chi connectivity index (χ1v) is 16.2. The van der Waals surface area contributed by atoms with E-state index < -0.39 is 11.8 Å². The number of halogens is 2. The van der Waals surface area contributed by atoms with Crippen molar-refractivity contribution in [2.75, 3.05) is 6.61 Å². The van der Waals surface area contributed by atoms with Gasteiger partial charge in [0, 0.05) is 12.1 Å². The molecule has 42 heavy (non-hydrogen) atoms. The maximum Gasteiger partial charge on any atom is 0.119 e. The Morgan fingerprint density at radius 3 is 1.69 bits per heavy atom. The van der Waals surface area contributed by atoms with E-state index in [1.54, 1.807) is 0 Å². The summed E-state index contributed by atoms with van der Waals surface area (Å²) < 4.78 is 29.1. The van der Waals surface area contributed by atoms with E-state index in [9.17, 15) is 8.78 Å². The zero-order chi connectivity index (χ0) is 33.0. The molecular weight excluding hydrogens is 524 g/mol. The second-order valence-electron chi connectivity index (χ2n) is 12.0. The Hall–Kier alpha value is -2.36. The fourth-order valence-electron chi connectivity index (χ4n) is 3.13. The summed E-state index contributed by atoms with van der Waals surface area (Å²) in [7, 11) is 0. The zero-order valence-corrected chi connectivity index (χ0v) is 29.3. The van der Waals surface area contributed by atoms with Crippen molar-refractivity contribution in [3.05, 3.63) is 77.5 Å². The van der Waals surface area contributed by atoms with Crippen LogP contribution in [0.3, 0.4) is 0 Å². The molecule has 1 aliphatic carbocycles. The molecule has 2 N–H and O–H groups in total. The van der Waals surface area contributed by atoms with E-state index in [2.05, 4.69) is 84.5 Å². The van der Waals surface area contributed by atoms with Crippen LogP contribution < -0.4 is 10.5 Å². The highest BCUT2D eigenvalue weighted by Gasteiger charge is 2.11. The van der Waals surface area contributed by atoms with Gasteiger partial charge in [-0.05, 0) is 89.0 Å². The average Bonchev–Trinajstić information content (AvgIpc) is 3.40. The molecule has 0 unspecified atom stereocenters. The van der Waals surface area contributed by atoms with Crippen LogP contribution in [0.15, 0.2) is 60.8 Å². The van der Waals surface area contributed by atoms with Crippen LogP contribution in [-0.4, -0.2) is 18.4 Å². The Morgan fingerprint density at radius 2 is 1.36 bits per heavy atom. The topological polar surface area (TPSA) is 35.2 Å². The number of hydrogen-bond acceptors (Lipinski definition) is 2. The van der Waals surface area contributed by atoms with E-state index in [1.165, 1.54) is 56.7 Å². The molecule has 0 atom stereocenters. The third kappa shape index (κ3) is 37.6. The molecular formula is C38H67F2NO. The average molecular weight is 592 g/mol. The van der Waals surface area contributed by atoms with Crippen molar-refractivity contribution in [3.8, 4) is 5.75 Å². The molecule has 0 aliphatic heterocycles. The van der Waals surface area contributed by atoms with Crippen molar-refractivity contribution >= 4 is 0 Å². The standard InChI is InChI=1S/C12H17NO.C11H16.C5H9F.C4H9F.C4H10.C2H6/c1-3-11-4-6-12(7-5-11)14-9-8-10(2)13;1-3-4-5-11-8-6-10(2)7-9-11;6-5-3-1-2-4-5;1-4(2,3)5;1-4(2)3;1-2/h4-7H,2-3,8-9,13H2,1H3;6-9H,3-5H2,1-2H3;5H,1-4H2;1-3H3;4H,1-3H3;1-2H3. The molecule has 0 heterocycles. The number of hydrogen-bond donors (Lipinski definition) is 1. The Morgan fingerprint density at radius 1 is 0.929 bits per heavy atom. The van der Waals surface area contributed by atoms with E-state index in [4.69, 9.17) is 10.5 Å². The van der Waals surface area contributed by atoms with Gasteiger partial charge < -0.3 is 10.5 Å². The molecule has 1 fully saturated rings. The lowest BCUT2D eigenvalue weighted by molar-refractivity contribution is 0.246. The van der Waals surface area contributed by atoms with Gasteiger partial charge in [0.1, 0.15) is 17.6 Å². The quantitative estimate of drug-likeness (QED) is 0.331. The largest absolute Gasteiger partial charge is 0.493 e. The maximum absolute atomic E-state index is 11.9. The van der Waals surface area contributed by atoms with Gasteiger partial charge in [-0.2, -0.15) is 0 Å². The molecule has 0 radical (unpaired) electrons. The van der Waals surface area contributed by atoms with Crippen LogP contribution in [0, 0.1) is 12.8 Å². The minimum Gasteiger partial charge on any atom is -0.493 e. The Labute approximate surface area is 260 Å². The second-order valence-corrected chi connectivity index (χ2v) is 12.0. The van der Waals surface area contributed by atoms with Crippen LogP contribution in [0.4, 0.5) is 8.78 Å². The molecule has 2 aromatic carbocycles. The molecule has 244 valence electrons. The normalized spacial score (nSPS) is 12.0. The van der Waals surface area contributed by atoms with Gasteiger partial charge in [0.2, 0.25) is 0 Å². The van der Waals surface area contributed by atoms with E-state index in [-0.39, 0.29) is 0 Å². The van der Waals surface area contributed by atoms with Gasteiger partial charge in [-0.15, -0.1) is 0 Å². The summed E-state index contributed by atoms with van der Waals surface area (Å²) in [6.45, 7) is 25.8. The number of ether oxygens (including phenoxy) is 1. The van der Waals surface area contributed by atoms with E-state index in [0.29, 0.717) is 18.7 Å². The van der Waals surface area contributed by atoms with Gasteiger partial charge in [-0.25, -0.2) is 8.78 Å². The smallest absolute Gasteiger partial charge is 0.119 e. The third-order valence-corrected chi connectivity index (χ3v) is 5.25. The zero-order valence-electron chi connectivity index (χ0n) is 29.3. The van der Waals surface area contributed by atoms with Crippen LogP contribution in [-0.2, 0) is 12.8 Å². The number of alkyl halides is 2. The lowest BCUT2D eigenvalue weighted by atomic mass is 10.1. The van der Waals surface area contributed by atoms with Gasteiger partial charge in [-0.3, -0.25) is 0 Å². The Balaban J connectivity index is -0.000000481. The van der Waals surface area contributed by atoms with Gasteiger partial charge in [-0.1, -0.05) is 116 Å². The lowest BCUT2D eigenvalue weighted by Crippen LogP contribution is -2.03. The van der Waals surface area contributed by atoms with Crippen molar-refractivity contribution in [1.82, 2.24) is 0 Å². The molecule has 3 rings (SSSR count). The van der Waals surface area contributed by atoms with E-state index >= 15 is 0 Å². The highest BCUT2D eigenvalue weighted by molar-refractivity contribution is 5.27. The van der Waals surface area contributed by atoms with Crippen molar-refractivity contribution in [1.29, 1.82) is 0 Å². The van der Waals surface area contributed by atoms with E-state index in [1.807, 2.05) is 26.0 Å². The molecule has 1 aliphatic rings. The second kappa shape index (κ2) is 28.7. The monoisotopic (exact) mass is 592 g/mol. The highest BCUT2D eigenvalue weighted by Crippen LogP contribution is 2.20. The van der Waals surface area contributed by atoms with Crippen LogP contribution in [0.5, 0.6) is 5.75 Å². The Bertz CT molecular complexity index is 824. The summed E-state index contributed by atoms with van der Waals surface area (Å²) in [5, 5.41) is 0. The maximum atomic E-state index is 11.9. The number of nitrogens with two attached hydrogens (primary N) is 1. The number of unbranched alkanes of at least 4 members (excludes halogenated alkanes) is 1. The predicted molar refractivity (Wildman–Crippen MR) is 185 cm³/mol. The van der Waals surface area contributed by atoms with Gasteiger partial charge >= 0.3 is 0 Å². The van der Waals surface area contributed by atoms with Crippen LogP contribution in [0.2, 0.25) is 0 Å². The summed E-state index contributed by atoms with van der Waals surface area (Å²) in [6.07, 6.45) is 9.00. The molecule has 1 saturated carbocycles. The molecule has 0 spiro atoms. The minimum absolute atomic E-state index is 0.454. The van der Waals surface area contributed by atoms with Gasteiger partial charge in [0.05, 0.1) is 6.61 Å². The van der Waals surface area contributed by atoms with Crippen LogP contribution in [0.25, 0.3) is 0 Å². The fraction of sp³-hybridized carbons (Fsp3) is 0.632. The number of benzene rings is 2. The van der Waals surface area contributed by atoms with Crippen molar-refractivity contribution in [2.24, 2.45) is 11.7 Å². The summed E-state index contributed by atoms with van der Waals surface area (Å²) in [6, 6.07) is 16.9. The summed E-state index contributed by atoms with van der Waals surface area (Å²) in [4.78, 5) is 0.